The Labute approximate surface area is 191 Å². The highest BCUT2D eigenvalue weighted by molar-refractivity contribution is 8.32. The van der Waals surface area contributed by atoms with Crippen LogP contribution in [0.15, 0.2) is 0 Å². The summed E-state index contributed by atoms with van der Waals surface area (Å²) in [4.78, 5) is 12.6. The molecule has 0 aliphatic carbocycles. The van der Waals surface area contributed by atoms with Crippen LogP contribution >= 0.6 is 13.5 Å². The molecular weight excluding hydrogens is 478 g/mol. The molecule has 30 heavy (non-hydrogen) atoms. The van der Waals surface area contributed by atoms with E-state index >= 15 is 0 Å². The van der Waals surface area contributed by atoms with Crippen LogP contribution in [0.1, 0.15) is 36.7 Å². The third kappa shape index (κ3) is 7.45. The zero-order valence-corrected chi connectivity index (χ0v) is 19.7. The maximum Gasteiger partial charge on any atom is 0.200 e. The van der Waals surface area contributed by atoms with Crippen LogP contribution in [0, 0.1) is 0 Å². The van der Waals surface area contributed by atoms with Crippen molar-refractivity contribution < 1.29 is 51.0 Å². The van der Waals surface area contributed by atoms with E-state index in [0.717, 1.165) is 0 Å². The average Bonchev–Trinajstić information content (AvgIpc) is 3.33. The van der Waals surface area contributed by atoms with Crippen molar-refractivity contribution in [3.05, 3.63) is 0 Å². The van der Waals surface area contributed by atoms with Crippen molar-refractivity contribution in [2.24, 2.45) is 0 Å². The van der Waals surface area contributed by atoms with Gasteiger partial charge < -0.3 is 54.6 Å². The van der Waals surface area contributed by atoms with Crippen LogP contribution in [-0.4, -0.2) is 74.7 Å². The summed E-state index contributed by atoms with van der Waals surface area (Å²) in [5, 5.41) is 9.79. The Hall–Kier alpha value is 0.870. The van der Waals surface area contributed by atoms with E-state index in [1.54, 1.807) is 0 Å². The third-order valence-electron chi connectivity index (χ3n) is 4.79. The highest BCUT2D eigenvalue weighted by atomic mass is 32.7. The summed E-state index contributed by atoms with van der Waals surface area (Å²) in [5.74, 6) is 0. The van der Waals surface area contributed by atoms with E-state index in [2.05, 4.69) is 0 Å². The van der Waals surface area contributed by atoms with Crippen molar-refractivity contribution in [3.63, 3.8) is 0 Å². The summed E-state index contributed by atoms with van der Waals surface area (Å²) in [7, 11) is 0. The molecule has 3 saturated heterocycles. The van der Waals surface area contributed by atoms with Gasteiger partial charge in [-0.15, -0.1) is 0 Å². The Morgan fingerprint density at radius 1 is 1.07 bits per heavy atom. The minimum atomic E-state index is -4.06. The maximum absolute atomic E-state index is 12.6. The summed E-state index contributed by atoms with van der Waals surface area (Å²) in [6.45, 7) is -9.61. The van der Waals surface area contributed by atoms with E-state index in [1.807, 2.05) is 6.92 Å². The first-order valence-electron chi connectivity index (χ1n) is 11.3. The van der Waals surface area contributed by atoms with Crippen LogP contribution in [0.2, 0.25) is 0 Å². The molecule has 11 unspecified atom stereocenters. The molecule has 0 radical (unpaired) electrons. The quantitative estimate of drug-likeness (QED) is 0.316. The van der Waals surface area contributed by atoms with Crippen LogP contribution in [0.25, 0.3) is 0 Å². The highest BCUT2D eigenvalue weighted by Gasteiger charge is 2.35. The molecule has 0 amide bonds. The Morgan fingerprint density at radius 2 is 1.63 bits per heavy atom. The van der Waals surface area contributed by atoms with Gasteiger partial charge in [0.1, 0.15) is 18.9 Å². The Bertz CT molecular complexity index is 757. The van der Waals surface area contributed by atoms with Crippen molar-refractivity contribution in [1.29, 1.82) is 0 Å². The van der Waals surface area contributed by atoms with E-state index in [-0.39, 0.29) is 32.5 Å². The van der Waals surface area contributed by atoms with Gasteiger partial charge >= 0.3 is 0 Å². The Kier molecular flexibility index (Phi) is 8.09. The van der Waals surface area contributed by atoms with Gasteiger partial charge in [0.05, 0.1) is 41.7 Å². The van der Waals surface area contributed by atoms with Gasteiger partial charge in [-0.05, 0) is 19.3 Å². The molecular formula is C16H28O10P2S2-2. The van der Waals surface area contributed by atoms with Crippen LogP contribution < -0.4 is 4.89 Å². The molecule has 0 aromatic rings. The Balaban J connectivity index is 1.50. The first-order valence-corrected chi connectivity index (χ1v) is 14.7. The standard InChI is InChI=1S/C16H30O10P2S2/c1-2-12-13(4-7-20-12)25-28(19,30)24-10-16-14(5-8-22-16)26-27(18,29)23-9-15-11(17)3-6-21-15/h11-17H,2-10H2,1H3,(H,18,29)(H,19,30)/p-2/i6T,7T,8T. The second-order valence-corrected chi connectivity index (χ2v) is 12.4. The van der Waals surface area contributed by atoms with E-state index in [9.17, 15) is 14.6 Å². The van der Waals surface area contributed by atoms with Crippen molar-refractivity contribution in [2.75, 3.05) is 33.0 Å². The molecule has 11 atom stereocenters. The molecule has 0 spiro atoms. The summed E-state index contributed by atoms with van der Waals surface area (Å²) >= 11 is 9.86. The van der Waals surface area contributed by atoms with E-state index in [4.69, 9.17) is 60.5 Å². The van der Waals surface area contributed by atoms with E-state index < -0.39 is 69.9 Å². The second-order valence-electron chi connectivity index (χ2n) is 6.98. The molecule has 0 aromatic carbocycles. The smallest absolute Gasteiger partial charge is 0.200 e. The van der Waals surface area contributed by atoms with Gasteiger partial charge in [0, 0.05) is 26.2 Å². The molecule has 3 heterocycles. The van der Waals surface area contributed by atoms with Crippen LogP contribution in [0.5, 0.6) is 0 Å². The summed E-state index contributed by atoms with van der Waals surface area (Å²) in [5.41, 5.74) is 0. The van der Waals surface area contributed by atoms with Gasteiger partial charge in [-0.2, -0.15) is 0 Å². The minimum Gasteiger partial charge on any atom is -0.780 e. The molecule has 0 bridgehead atoms. The molecule has 3 aliphatic rings. The number of rotatable bonds is 11. The monoisotopic (exact) mass is 512 g/mol. The zero-order chi connectivity index (χ0) is 24.4. The fraction of sp³-hybridized carbons (Fsp3) is 1.00. The lowest BCUT2D eigenvalue weighted by molar-refractivity contribution is -0.214. The molecule has 0 aromatic heterocycles. The highest BCUT2D eigenvalue weighted by Crippen LogP contribution is 2.50. The molecule has 3 rings (SSSR count). The first kappa shape index (κ1) is 21.4. The molecule has 3 aliphatic heterocycles. The minimum absolute atomic E-state index is 0.00679. The fourth-order valence-electron chi connectivity index (χ4n) is 3.15. The van der Waals surface area contributed by atoms with Gasteiger partial charge in [-0.25, -0.2) is 0 Å². The number of aliphatic hydroxyl groups is 1. The van der Waals surface area contributed by atoms with Crippen molar-refractivity contribution >= 4 is 37.6 Å². The van der Waals surface area contributed by atoms with Crippen molar-refractivity contribution in [2.45, 2.75) is 69.2 Å². The molecule has 14 heteroatoms. The lowest BCUT2D eigenvalue weighted by Gasteiger charge is -2.34. The van der Waals surface area contributed by atoms with E-state index in [0.29, 0.717) is 6.42 Å². The van der Waals surface area contributed by atoms with Gasteiger partial charge in [0.2, 0.25) is 0 Å². The molecule has 176 valence electrons. The predicted molar refractivity (Wildman–Crippen MR) is 110 cm³/mol. The number of hydrogen-bond acceptors (Lipinski definition) is 12. The topological polar surface area (TPSA) is 125 Å². The molecule has 3 fully saturated rings. The largest absolute Gasteiger partial charge is 0.780 e. The van der Waals surface area contributed by atoms with Crippen LogP contribution in [0.3, 0.4) is 0 Å². The second kappa shape index (κ2) is 11.3. The van der Waals surface area contributed by atoms with Gasteiger partial charge in [0.15, 0.2) is 6.80 Å². The predicted octanol–water partition coefficient (Wildman–Crippen LogP) is 1.17. The van der Waals surface area contributed by atoms with Crippen molar-refractivity contribution in [1.82, 2.24) is 0 Å². The zero-order valence-electron chi connectivity index (χ0n) is 19.3. The third-order valence-corrected chi connectivity index (χ3v) is 7.93. The summed E-state index contributed by atoms with van der Waals surface area (Å²) in [6.07, 6.45) is -3.90. The number of hydrogen-bond donors (Lipinski definition) is 1. The summed E-state index contributed by atoms with van der Waals surface area (Å²) in [6, 6.07) is 0. The van der Waals surface area contributed by atoms with Gasteiger partial charge in [-0.1, -0.05) is 18.7 Å². The summed E-state index contributed by atoms with van der Waals surface area (Å²) < 4.78 is 72.7. The Morgan fingerprint density at radius 3 is 2.27 bits per heavy atom. The number of aliphatic hydroxyl groups excluding tert-OH is 1. The normalized spacial score (nSPS) is 47.3. The lowest BCUT2D eigenvalue weighted by Crippen LogP contribution is -2.32. The average molecular weight is 512 g/mol. The molecule has 1 N–H and O–H groups in total. The van der Waals surface area contributed by atoms with Gasteiger partial charge in [0.25, 0.3) is 0 Å². The molecule has 0 saturated carbocycles. The maximum atomic E-state index is 12.6. The molecule has 10 nitrogen and oxygen atoms in total. The van der Waals surface area contributed by atoms with Crippen LogP contribution in [-0.2, 0) is 60.9 Å². The number of ether oxygens (including phenoxy) is 3. The van der Waals surface area contributed by atoms with Gasteiger partial charge in [-0.3, -0.25) is 4.57 Å². The van der Waals surface area contributed by atoms with Crippen molar-refractivity contribution in [3.8, 4) is 0 Å². The van der Waals surface area contributed by atoms with Crippen LogP contribution in [0.4, 0.5) is 0 Å². The first-order chi connectivity index (χ1) is 15.4. The SMILES string of the molecule is [3H]C1CC(O)C(COP([O-])(=S)OC2CC([3H])OC2COP(=O)([S-])OC2CC([3H])OC2CC)O1. The lowest BCUT2D eigenvalue weighted by atomic mass is 10.1. The van der Waals surface area contributed by atoms with E-state index in [1.165, 1.54) is 0 Å². The fourth-order valence-corrected chi connectivity index (χ4v) is 6.06.